The minimum atomic E-state index is -0.525. The van der Waals surface area contributed by atoms with Gasteiger partial charge in [-0.05, 0) is 94.6 Å². The molecule has 0 saturated heterocycles. The number of aryl methyl sites for hydroxylation is 1. The van der Waals surface area contributed by atoms with Crippen molar-refractivity contribution >= 4 is 48.5 Å². The predicted octanol–water partition coefficient (Wildman–Crippen LogP) is 6.87. The zero-order chi connectivity index (χ0) is 31.8. The van der Waals surface area contributed by atoms with Crippen LogP contribution in [0.1, 0.15) is 81.6 Å². The summed E-state index contributed by atoms with van der Waals surface area (Å²) in [6.07, 6.45) is 23.0. The number of ether oxygens (including phenoxy) is 2. The summed E-state index contributed by atoms with van der Waals surface area (Å²) in [7, 11) is -0.525. The van der Waals surface area contributed by atoms with E-state index < -0.39 is 7.55 Å². The molecule has 1 N–H and O–H groups in total. The fourth-order valence-electron chi connectivity index (χ4n) is 7.99. The fraction of sp³-hybridized carbons (Fsp3) is 0.571. The Hall–Kier alpha value is -3.52. The zero-order valence-electron chi connectivity index (χ0n) is 27.5. The van der Waals surface area contributed by atoms with E-state index in [1.165, 1.54) is 23.5 Å². The Morgan fingerprint density at radius 2 is 2.02 bits per heavy atom. The molecule has 10 nitrogen and oxygen atoms in total. The summed E-state index contributed by atoms with van der Waals surface area (Å²) in [6, 6.07) is 0.525. The summed E-state index contributed by atoms with van der Waals surface area (Å²) < 4.78 is 17.4. The lowest BCUT2D eigenvalue weighted by Gasteiger charge is -2.27. The SMILES string of the molecule is C=C(OCC1CCC(n2cc3c4c(ncnc42)NCCC3)C1)O[C@@H]1CC(CC[PH](=C)C)CC1n1cnc2c1N=CN(CCC)C2=C. The Morgan fingerprint density at radius 1 is 1.13 bits per heavy atom. The van der Waals surface area contributed by atoms with Crippen molar-refractivity contribution in [3.8, 4) is 0 Å². The highest BCUT2D eigenvalue weighted by Gasteiger charge is 2.39. The van der Waals surface area contributed by atoms with Gasteiger partial charge in [0.25, 0.3) is 5.95 Å². The van der Waals surface area contributed by atoms with Crippen LogP contribution in [0.15, 0.2) is 42.9 Å². The van der Waals surface area contributed by atoms with Gasteiger partial charge in [-0.15, -0.1) is 13.8 Å². The first-order valence-electron chi connectivity index (χ1n) is 17.2. The molecule has 2 saturated carbocycles. The minimum Gasteiger partial charge on any atom is -0.466 e. The number of fused-ring (bicyclic) bond motifs is 1. The van der Waals surface area contributed by atoms with Crippen molar-refractivity contribution in [1.82, 2.24) is 29.0 Å². The van der Waals surface area contributed by atoms with Crippen molar-refractivity contribution in [3.63, 3.8) is 0 Å². The molecule has 2 aliphatic carbocycles. The normalized spacial score (nSPS) is 26.2. The van der Waals surface area contributed by atoms with Gasteiger partial charge in [0.1, 0.15) is 29.6 Å². The second kappa shape index (κ2) is 13.3. The van der Waals surface area contributed by atoms with E-state index in [4.69, 9.17) is 24.4 Å². The summed E-state index contributed by atoms with van der Waals surface area (Å²) in [5.74, 6) is 3.28. The van der Waals surface area contributed by atoms with Crippen molar-refractivity contribution < 1.29 is 9.47 Å². The van der Waals surface area contributed by atoms with Crippen molar-refractivity contribution in [2.75, 3.05) is 37.8 Å². The van der Waals surface area contributed by atoms with Gasteiger partial charge in [0.15, 0.2) is 5.82 Å². The van der Waals surface area contributed by atoms with Gasteiger partial charge in [-0.2, -0.15) is 0 Å². The van der Waals surface area contributed by atoms with E-state index in [1.807, 2.05) is 12.7 Å². The average molecular weight is 645 g/mol. The Kier molecular flexibility index (Phi) is 8.99. The number of rotatable bonds is 12. The Labute approximate surface area is 273 Å². The molecule has 7 rings (SSSR count). The first-order chi connectivity index (χ1) is 22.4. The van der Waals surface area contributed by atoms with Gasteiger partial charge in [0, 0.05) is 25.3 Å². The third-order valence-corrected chi connectivity index (χ3v) is 11.5. The van der Waals surface area contributed by atoms with Crippen LogP contribution in [0.2, 0.25) is 0 Å². The highest BCUT2D eigenvalue weighted by molar-refractivity contribution is 7.54. The smallest absolute Gasteiger partial charge is 0.271 e. The highest BCUT2D eigenvalue weighted by atomic mass is 31.1. The number of nitrogens with zero attached hydrogens (tertiary/aromatic N) is 7. The summed E-state index contributed by atoms with van der Waals surface area (Å²) in [5.41, 5.74) is 4.19. The molecule has 0 radical (unpaired) electrons. The highest BCUT2D eigenvalue weighted by Crippen LogP contribution is 2.45. The lowest BCUT2D eigenvalue weighted by Crippen LogP contribution is -2.25. The van der Waals surface area contributed by atoms with Crippen molar-refractivity contribution in [2.24, 2.45) is 16.8 Å². The average Bonchev–Trinajstić information content (AvgIpc) is 3.82. The molecular formula is C35H49N8O2P. The molecule has 3 aromatic rings. The third kappa shape index (κ3) is 6.13. The molecular weight excluding hydrogens is 595 g/mol. The van der Waals surface area contributed by atoms with Crippen LogP contribution in [0.4, 0.5) is 11.6 Å². The number of hydrogen-bond donors (Lipinski definition) is 1. The van der Waals surface area contributed by atoms with Gasteiger partial charge in [-0.25, -0.2) is 19.9 Å². The van der Waals surface area contributed by atoms with E-state index >= 15 is 0 Å². The van der Waals surface area contributed by atoms with Gasteiger partial charge in [-0.1, -0.05) is 13.5 Å². The molecule has 46 heavy (non-hydrogen) atoms. The largest absolute Gasteiger partial charge is 0.466 e. The second-order valence-electron chi connectivity index (χ2n) is 13.8. The molecule has 5 heterocycles. The topological polar surface area (TPSA) is 94.6 Å². The lowest BCUT2D eigenvalue weighted by atomic mass is 10.1. The quantitative estimate of drug-likeness (QED) is 0.170. The maximum Gasteiger partial charge on any atom is 0.271 e. The maximum atomic E-state index is 6.55. The molecule has 0 aromatic carbocycles. The van der Waals surface area contributed by atoms with Gasteiger partial charge in [-0.3, -0.25) is 0 Å². The monoisotopic (exact) mass is 644 g/mol. The standard InChI is InChI=1S/C35H49N8O2P/c1-6-13-41-21-40-35-32(23(41)2)39-22-43(35)29-16-25(11-14-46(4)5)17-30(29)45-24(3)44-19-26-9-10-28(15-26)42-18-27-8-7-12-36-33-31(27)34(42)38-20-37-33/h18,20-22,25-26,28-30,46H,2-4,6-17,19H2,1,5H3,(H,36,37,38)/t25?,26?,28?,29?,30-/m1/s1. The Bertz CT molecular complexity index is 1660. The van der Waals surface area contributed by atoms with Crippen molar-refractivity contribution in [3.05, 3.63) is 49.2 Å². The lowest BCUT2D eigenvalue weighted by molar-refractivity contribution is -0.0274. The van der Waals surface area contributed by atoms with E-state index in [0.717, 1.165) is 93.1 Å². The number of hydrogen-bond acceptors (Lipinski definition) is 8. The summed E-state index contributed by atoms with van der Waals surface area (Å²) in [5, 5.41) is 4.69. The molecule has 6 atom stereocenters. The fourth-order valence-corrected chi connectivity index (χ4v) is 8.89. The number of imidazole rings is 1. The number of anilines is 1. The van der Waals surface area contributed by atoms with Crippen LogP contribution in [0.5, 0.6) is 0 Å². The molecule has 2 aliphatic heterocycles. The summed E-state index contributed by atoms with van der Waals surface area (Å²) in [6.45, 7) is 15.5. The number of aromatic nitrogens is 5. The van der Waals surface area contributed by atoms with E-state index in [0.29, 0.717) is 30.4 Å². The van der Waals surface area contributed by atoms with Crippen LogP contribution in [0.3, 0.4) is 0 Å². The molecule has 0 bridgehead atoms. The van der Waals surface area contributed by atoms with Crippen molar-refractivity contribution in [1.29, 1.82) is 0 Å². The van der Waals surface area contributed by atoms with E-state index in [2.05, 4.69) is 63.6 Å². The van der Waals surface area contributed by atoms with Gasteiger partial charge in [0.05, 0.1) is 36.4 Å². The van der Waals surface area contributed by atoms with E-state index in [1.54, 1.807) is 6.33 Å². The zero-order valence-corrected chi connectivity index (χ0v) is 28.5. The van der Waals surface area contributed by atoms with Crippen LogP contribution in [-0.4, -0.2) is 80.3 Å². The van der Waals surface area contributed by atoms with Crippen molar-refractivity contribution in [2.45, 2.75) is 82.9 Å². The first kappa shape index (κ1) is 31.1. The molecule has 0 spiro atoms. The van der Waals surface area contributed by atoms with Crippen LogP contribution >= 0.6 is 7.55 Å². The Balaban J connectivity index is 1.000. The second-order valence-corrected chi connectivity index (χ2v) is 16.2. The third-order valence-electron chi connectivity index (χ3n) is 10.4. The van der Waals surface area contributed by atoms with Gasteiger partial charge >= 0.3 is 0 Å². The number of nitrogens with one attached hydrogen (secondary N) is 1. The summed E-state index contributed by atoms with van der Waals surface area (Å²) >= 11 is 0. The van der Waals surface area contributed by atoms with E-state index in [-0.39, 0.29) is 12.1 Å². The molecule has 0 amide bonds. The maximum absolute atomic E-state index is 6.55. The minimum absolute atomic E-state index is 0.0488. The first-order valence-corrected chi connectivity index (χ1v) is 19.6. The summed E-state index contributed by atoms with van der Waals surface area (Å²) in [4.78, 5) is 20.9. The van der Waals surface area contributed by atoms with Gasteiger partial charge in [0.2, 0.25) is 0 Å². The molecule has 246 valence electrons. The van der Waals surface area contributed by atoms with Crippen LogP contribution in [-0.2, 0) is 15.9 Å². The predicted molar refractivity (Wildman–Crippen MR) is 190 cm³/mol. The van der Waals surface area contributed by atoms with Crippen LogP contribution in [0, 0.1) is 11.8 Å². The van der Waals surface area contributed by atoms with Gasteiger partial charge < -0.3 is 28.8 Å². The molecule has 5 unspecified atom stereocenters. The molecule has 11 heteroatoms. The molecule has 4 aliphatic rings. The molecule has 3 aromatic heterocycles. The number of aliphatic imine (C=N–C) groups is 1. The van der Waals surface area contributed by atoms with Crippen LogP contribution < -0.4 is 5.32 Å². The van der Waals surface area contributed by atoms with E-state index in [9.17, 15) is 0 Å². The Morgan fingerprint density at radius 3 is 2.87 bits per heavy atom. The molecule has 2 fully saturated rings. The van der Waals surface area contributed by atoms with Crippen LogP contribution in [0.25, 0.3) is 16.7 Å².